The van der Waals surface area contributed by atoms with Gasteiger partial charge in [-0.05, 0) is 142 Å². The maximum absolute atomic E-state index is 13.4. The Balaban J connectivity index is 1.21. The van der Waals surface area contributed by atoms with E-state index in [1.54, 1.807) is 18.2 Å². The minimum atomic E-state index is -0.872. The van der Waals surface area contributed by atoms with E-state index < -0.39 is 23.9 Å². The molecule has 1 heterocycles. The van der Waals surface area contributed by atoms with E-state index in [1.807, 2.05) is 12.1 Å². The molecule has 2 atom stereocenters. The molecule has 10 heteroatoms. The van der Waals surface area contributed by atoms with E-state index in [9.17, 15) is 9.59 Å². The van der Waals surface area contributed by atoms with Crippen LogP contribution in [0.25, 0.3) is 22.4 Å². The van der Waals surface area contributed by atoms with Crippen molar-refractivity contribution < 1.29 is 9.59 Å². The molecule has 0 saturated heterocycles. The van der Waals surface area contributed by atoms with E-state index in [2.05, 4.69) is 59.0 Å². The predicted molar refractivity (Wildman–Crippen MR) is 202 cm³/mol. The van der Waals surface area contributed by atoms with Crippen molar-refractivity contribution in [2.75, 3.05) is 18.0 Å². The summed E-state index contributed by atoms with van der Waals surface area (Å²) in [6.07, 6.45) is 8.20. The number of carbonyl (C=O) groups excluding carboxylic acids is 2. The molecule has 2 radical (unpaired) electrons. The van der Waals surface area contributed by atoms with Gasteiger partial charge in [-0.25, -0.2) is 4.98 Å². The Kier molecular flexibility index (Phi) is 9.90. The summed E-state index contributed by atoms with van der Waals surface area (Å²) in [7, 11) is 0. The van der Waals surface area contributed by atoms with Gasteiger partial charge >= 0.3 is 0 Å². The third kappa shape index (κ3) is 7.12. The maximum Gasteiger partial charge on any atom is 0.237 e. The molecule has 0 aliphatic heterocycles. The van der Waals surface area contributed by atoms with Crippen molar-refractivity contribution in [1.29, 1.82) is 0 Å². The highest BCUT2D eigenvalue weighted by Crippen LogP contribution is 2.61. The zero-order valence-electron chi connectivity index (χ0n) is 28.4. The van der Waals surface area contributed by atoms with Crippen molar-refractivity contribution in [3.63, 3.8) is 0 Å². The Morgan fingerprint density at radius 2 is 1.60 bits per heavy atom. The number of primary amides is 1. The van der Waals surface area contributed by atoms with Crippen LogP contribution in [0.5, 0.6) is 0 Å². The van der Waals surface area contributed by atoms with Gasteiger partial charge in [0.1, 0.15) is 5.82 Å². The van der Waals surface area contributed by atoms with Gasteiger partial charge in [-0.3, -0.25) is 9.59 Å². The molecule has 8 rings (SSSR count). The number of aromatic nitrogens is 2. The minimum absolute atomic E-state index is 0.0753. The zero-order valence-corrected chi connectivity index (χ0v) is 29.9. The number of fused-ring (bicyclic) bond motifs is 1. The van der Waals surface area contributed by atoms with E-state index in [-0.39, 0.29) is 18.3 Å². The number of nitrogens with one attached hydrogen (secondary N) is 1. The van der Waals surface area contributed by atoms with Crippen LogP contribution in [0.15, 0.2) is 60.7 Å². The second kappa shape index (κ2) is 14.2. The highest BCUT2D eigenvalue weighted by Gasteiger charge is 2.51. The molecule has 1 aromatic heterocycles. The summed E-state index contributed by atoms with van der Waals surface area (Å²) in [5, 5.41) is 3.81. The van der Waals surface area contributed by atoms with E-state index in [0.29, 0.717) is 23.1 Å². The number of hydrogen-bond donors (Lipinski definition) is 3. The van der Waals surface area contributed by atoms with Gasteiger partial charge in [0.05, 0.1) is 39.6 Å². The highest BCUT2D eigenvalue weighted by molar-refractivity contribution is 6.42. The first kappa shape index (κ1) is 34.8. The fourth-order valence-electron chi connectivity index (χ4n) is 9.50. The van der Waals surface area contributed by atoms with Crippen LogP contribution in [0.4, 0.5) is 5.69 Å². The Hall–Kier alpha value is -3.59. The van der Waals surface area contributed by atoms with Crippen molar-refractivity contribution in [1.82, 2.24) is 14.9 Å². The molecular weight excluding hydrogens is 667 g/mol. The van der Waals surface area contributed by atoms with Crippen LogP contribution in [0.2, 0.25) is 10.0 Å². The average Bonchev–Trinajstić information content (AvgIpc) is 3.42. The van der Waals surface area contributed by atoms with Gasteiger partial charge in [-0.1, -0.05) is 35.3 Å². The van der Waals surface area contributed by atoms with Crippen LogP contribution in [-0.2, 0) is 22.6 Å². The summed E-state index contributed by atoms with van der Waals surface area (Å²) in [4.78, 5) is 33.0. The SMILES string of the molecule is [CH2]CN(C[CH2])c1ccc(-c2nc3cc(C(CC(N)=O)NC(=O)[C@@H](N)Cc4ccc(Cl)c(Cl)c4)ccc3n2CC23CC4CC(CC(C4)C2)C3)cc1. The lowest BCUT2D eigenvalue weighted by Crippen LogP contribution is -2.47. The van der Waals surface area contributed by atoms with Gasteiger partial charge in [-0.15, -0.1) is 0 Å². The largest absolute Gasteiger partial charge is 0.372 e. The smallest absolute Gasteiger partial charge is 0.237 e. The van der Waals surface area contributed by atoms with Crippen LogP contribution in [0.3, 0.4) is 0 Å². The Labute approximate surface area is 304 Å². The molecule has 4 saturated carbocycles. The molecule has 4 fully saturated rings. The average molecular weight is 714 g/mol. The van der Waals surface area contributed by atoms with Crippen LogP contribution in [0, 0.1) is 37.0 Å². The number of nitrogens with zero attached hydrogens (tertiary/aromatic N) is 3. The van der Waals surface area contributed by atoms with E-state index in [1.165, 1.54) is 38.5 Å². The molecule has 3 aromatic carbocycles. The minimum Gasteiger partial charge on any atom is -0.372 e. The van der Waals surface area contributed by atoms with Gasteiger partial charge in [0.15, 0.2) is 0 Å². The Morgan fingerprint density at radius 1 is 0.940 bits per heavy atom. The van der Waals surface area contributed by atoms with E-state index >= 15 is 0 Å². The van der Waals surface area contributed by atoms with Gasteiger partial charge in [0.2, 0.25) is 11.8 Å². The van der Waals surface area contributed by atoms with Crippen LogP contribution in [0.1, 0.15) is 62.1 Å². The number of hydrogen-bond acceptors (Lipinski definition) is 5. The normalized spacial score (nSPS) is 23.6. The molecule has 4 aliphatic rings. The van der Waals surface area contributed by atoms with Crippen LogP contribution in [-0.4, -0.2) is 40.5 Å². The van der Waals surface area contributed by atoms with Gasteiger partial charge in [0.25, 0.3) is 0 Å². The van der Waals surface area contributed by atoms with Crippen LogP contribution < -0.4 is 21.7 Å². The third-order valence-corrected chi connectivity index (χ3v) is 12.1. The van der Waals surface area contributed by atoms with Crippen molar-refractivity contribution in [3.05, 3.63) is 95.7 Å². The molecule has 8 nitrogen and oxygen atoms in total. The Bertz CT molecular complexity index is 1850. The van der Waals surface area contributed by atoms with Gasteiger partial charge in [0, 0.05) is 30.9 Å². The molecule has 262 valence electrons. The lowest BCUT2D eigenvalue weighted by Gasteiger charge is -2.57. The number of benzene rings is 3. The quantitative estimate of drug-likeness (QED) is 0.134. The van der Waals surface area contributed by atoms with E-state index in [4.69, 9.17) is 39.7 Å². The zero-order chi connectivity index (χ0) is 35.2. The molecule has 4 aliphatic carbocycles. The van der Waals surface area contributed by atoms with Gasteiger partial charge < -0.3 is 26.3 Å². The maximum atomic E-state index is 13.4. The summed E-state index contributed by atoms with van der Waals surface area (Å²) >= 11 is 12.2. The molecule has 1 unspecified atom stereocenters. The number of halogens is 2. The monoisotopic (exact) mass is 712 g/mol. The number of imidazole rings is 1. The first-order valence-corrected chi connectivity index (χ1v) is 18.5. The number of anilines is 1. The Morgan fingerprint density at radius 3 is 2.20 bits per heavy atom. The number of nitrogens with two attached hydrogens (primary N) is 2. The van der Waals surface area contributed by atoms with Crippen molar-refractivity contribution in [2.45, 2.75) is 70.0 Å². The topological polar surface area (TPSA) is 119 Å². The number of amides is 2. The van der Waals surface area contributed by atoms with E-state index in [0.717, 1.165) is 63.5 Å². The number of carbonyl (C=O) groups is 2. The molecule has 0 spiro atoms. The highest BCUT2D eigenvalue weighted by atomic mass is 35.5. The molecule has 50 heavy (non-hydrogen) atoms. The second-order valence-corrected chi connectivity index (χ2v) is 15.8. The summed E-state index contributed by atoms with van der Waals surface area (Å²) in [6.45, 7) is 10.3. The lowest BCUT2D eigenvalue weighted by atomic mass is 9.49. The van der Waals surface area contributed by atoms with Crippen molar-refractivity contribution in [2.24, 2.45) is 34.6 Å². The third-order valence-electron chi connectivity index (χ3n) is 11.4. The fourth-order valence-corrected chi connectivity index (χ4v) is 9.82. The molecular formula is C40H46Cl2N6O2. The molecule has 5 N–H and O–H groups in total. The molecule has 4 aromatic rings. The first-order valence-electron chi connectivity index (χ1n) is 17.8. The summed E-state index contributed by atoms with van der Waals surface area (Å²) in [5.74, 6) is 2.51. The summed E-state index contributed by atoms with van der Waals surface area (Å²) in [5.41, 5.74) is 17.8. The second-order valence-electron chi connectivity index (χ2n) is 15.0. The molecule has 2 amide bonds. The van der Waals surface area contributed by atoms with Crippen molar-refractivity contribution in [3.8, 4) is 11.4 Å². The first-order chi connectivity index (χ1) is 24.0. The van der Waals surface area contributed by atoms with Gasteiger partial charge in [-0.2, -0.15) is 0 Å². The predicted octanol–water partition coefficient (Wildman–Crippen LogP) is 7.30. The lowest BCUT2D eigenvalue weighted by molar-refractivity contribution is -0.123. The summed E-state index contributed by atoms with van der Waals surface area (Å²) in [6, 6.07) is 18.2. The fraction of sp³-hybridized carbons (Fsp3) is 0.425. The van der Waals surface area contributed by atoms with Crippen LogP contribution >= 0.6 is 23.2 Å². The molecule has 4 bridgehead atoms. The standard InChI is InChI=1S/C40H46Cl2N6O2/c1-3-47(4-2)30-9-6-28(7-10-30)38-45-35-18-29(8-12-36(35)48(38)23-40-20-25-13-26(21-40)15-27(14-25)22-40)34(19-37(44)49)46-39(50)33(43)17-24-5-11-31(41)32(42)16-24/h5-12,16,18,25-27,33-34H,1-4,13-15,17,19-23,43H2,(H2,44,49)(H,46,50)/t25?,26?,27?,33-,34?,40?/m0/s1. The van der Waals surface area contributed by atoms with Crippen molar-refractivity contribution >= 4 is 51.7 Å². The number of rotatable bonds is 13. The summed E-state index contributed by atoms with van der Waals surface area (Å²) < 4.78 is 2.43.